The van der Waals surface area contributed by atoms with Crippen LogP contribution in [-0.2, 0) is 9.53 Å². The van der Waals surface area contributed by atoms with E-state index in [2.05, 4.69) is 14.7 Å². The first-order valence-electron chi connectivity index (χ1n) is 3.79. The molecule has 0 unspecified atom stereocenters. The summed E-state index contributed by atoms with van der Waals surface area (Å²) >= 11 is 0. The number of rotatable bonds is 1. The Hall–Kier alpha value is -1.78. The van der Waals surface area contributed by atoms with Crippen LogP contribution in [0, 0.1) is 0 Å². The number of hydrogen-bond acceptors (Lipinski definition) is 3. The van der Waals surface area contributed by atoms with Crippen molar-refractivity contribution in [3.63, 3.8) is 0 Å². The number of nitrogens with zero attached hydrogens (tertiary/aromatic N) is 1. The van der Waals surface area contributed by atoms with Crippen molar-refractivity contribution in [2.45, 2.75) is 6.42 Å². The van der Waals surface area contributed by atoms with E-state index in [4.69, 9.17) is 5.11 Å². The molecular formula is C8H10N2O3. The predicted octanol–water partition coefficient (Wildman–Crippen LogP) is 0.785. The molecule has 0 saturated heterocycles. The van der Waals surface area contributed by atoms with Gasteiger partial charge in [0.05, 0.1) is 12.9 Å². The number of aromatic nitrogens is 2. The molecule has 0 spiro atoms. The van der Waals surface area contributed by atoms with Gasteiger partial charge in [-0.05, 0) is 6.08 Å². The van der Waals surface area contributed by atoms with E-state index in [1.807, 2.05) is 0 Å². The molecule has 0 fully saturated rings. The van der Waals surface area contributed by atoms with Crippen molar-refractivity contribution in [2.75, 3.05) is 6.61 Å². The molecule has 70 valence electrons. The summed E-state index contributed by atoms with van der Waals surface area (Å²) in [7, 11) is 0. The predicted molar refractivity (Wildman–Crippen MR) is 44.9 cm³/mol. The number of ether oxygens (including phenoxy) is 1. The van der Waals surface area contributed by atoms with Gasteiger partial charge in [0.1, 0.15) is 0 Å². The Labute approximate surface area is 75.1 Å². The third-order valence-corrected chi connectivity index (χ3v) is 1.32. The lowest BCUT2D eigenvalue weighted by Crippen LogP contribution is -1.99. The Kier molecular flexibility index (Phi) is 3.56. The number of carboxylic acid groups (broad SMARTS) is 1. The van der Waals surface area contributed by atoms with Gasteiger partial charge in [-0.1, -0.05) is 0 Å². The summed E-state index contributed by atoms with van der Waals surface area (Å²) in [6, 6.07) is 0. The van der Waals surface area contributed by atoms with Crippen LogP contribution in [0.2, 0.25) is 0 Å². The lowest BCUT2D eigenvalue weighted by Gasteiger charge is -1.92. The number of nitrogens with one attached hydrogen (secondary N) is 1. The minimum absolute atomic E-state index is 0.0880. The minimum Gasteiger partial charge on any atom is -0.486 e. The highest BCUT2D eigenvalue weighted by Crippen LogP contribution is 2.07. The molecule has 5 nitrogen and oxygen atoms in total. The van der Waals surface area contributed by atoms with E-state index in [-0.39, 0.29) is 5.76 Å². The smallest absolute Gasteiger partial charge is 0.370 e. The quantitative estimate of drug-likeness (QED) is 0.673. The number of aromatic amines is 1. The maximum atomic E-state index is 10.0. The SMILES string of the molecule is O=C(O)C1=CCCO1.c1c[nH]cn1. The van der Waals surface area contributed by atoms with Crippen LogP contribution in [0.5, 0.6) is 0 Å². The zero-order valence-corrected chi connectivity index (χ0v) is 6.93. The van der Waals surface area contributed by atoms with Crippen molar-refractivity contribution in [3.8, 4) is 0 Å². The van der Waals surface area contributed by atoms with Gasteiger partial charge in [-0.25, -0.2) is 9.78 Å². The summed E-state index contributed by atoms with van der Waals surface area (Å²) in [5, 5.41) is 8.22. The topological polar surface area (TPSA) is 75.2 Å². The largest absolute Gasteiger partial charge is 0.486 e. The summed E-state index contributed by atoms with van der Waals surface area (Å²) in [6.45, 7) is 0.516. The molecule has 0 radical (unpaired) electrons. The van der Waals surface area contributed by atoms with Gasteiger partial charge in [-0.3, -0.25) is 0 Å². The number of carboxylic acids is 1. The summed E-state index contributed by atoms with van der Waals surface area (Å²) in [5.74, 6) is -0.882. The first-order valence-corrected chi connectivity index (χ1v) is 3.79. The molecule has 0 atom stereocenters. The zero-order valence-electron chi connectivity index (χ0n) is 6.93. The average Bonchev–Trinajstić information content (AvgIpc) is 2.82. The van der Waals surface area contributed by atoms with Crippen molar-refractivity contribution in [3.05, 3.63) is 30.6 Å². The highest BCUT2D eigenvalue weighted by Gasteiger charge is 2.11. The maximum Gasteiger partial charge on any atom is 0.370 e. The second-order valence-corrected chi connectivity index (χ2v) is 2.27. The van der Waals surface area contributed by atoms with Gasteiger partial charge in [0, 0.05) is 18.8 Å². The third-order valence-electron chi connectivity index (χ3n) is 1.32. The van der Waals surface area contributed by atoms with Crippen LogP contribution in [0.3, 0.4) is 0 Å². The number of aliphatic carboxylic acids is 1. The van der Waals surface area contributed by atoms with Crippen molar-refractivity contribution >= 4 is 5.97 Å². The van der Waals surface area contributed by atoms with Gasteiger partial charge in [0.2, 0.25) is 5.76 Å². The molecule has 2 rings (SSSR count). The molecule has 1 aliphatic rings. The molecule has 1 aliphatic heterocycles. The standard InChI is InChI=1S/C5H6O3.C3H4N2/c6-5(7)4-2-1-3-8-4;1-2-5-3-4-1/h2H,1,3H2,(H,6,7);1-3H,(H,4,5). The molecule has 1 aromatic heterocycles. The molecule has 0 aromatic carbocycles. The molecule has 0 aliphatic carbocycles. The van der Waals surface area contributed by atoms with Crippen LogP contribution in [0.25, 0.3) is 0 Å². The van der Waals surface area contributed by atoms with E-state index < -0.39 is 5.97 Å². The normalized spacial score (nSPS) is 13.7. The van der Waals surface area contributed by atoms with Crippen LogP contribution >= 0.6 is 0 Å². The summed E-state index contributed by atoms with van der Waals surface area (Å²) < 4.78 is 4.68. The fraction of sp³-hybridized carbons (Fsp3) is 0.250. The number of carbonyl (C=O) groups is 1. The molecule has 0 saturated carbocycles. The van der Waals surface area contributed by atoms with E-state index in [0.717, 1.165) is 6.42 Å². The number of hydrogen-bond donors (Lipinski definition) is 2. The van der Waals surface area contributed by atoms with Gasteiger partial charge in [0.15, 0.2) is 0 Å². The van der Waals surface area contributed by atoms with Gasteiger partial charge in [-0.2, -0.15) is 0 Å². The van der Waals surface area contributed by atoms with Crippen LogP contribution in [0.1, 0.15) is 6.42 Å². The van der Waals surface area contributed by atoms with Gasteiger partial charge in [-0.15, -0.1) is 0 Å². The van der Waals surface area contributed by atoms with Crippen molar-refractivity contribution in [1.82, 2.24) is 9.97 Å². The van der Waals surface area contributed by atoms with E-state index in [1.54, 1.807) is 24.8 Å². The number of H-pyrrole nitrogens is 1. The van der Waals surface area contributed by atoms with Crippen molar-refractivity contribution in [2.24, 2.45) is 0 Å². The summed E-state index contributed by atoms with van der Waals surface area (Å²) in [5.41, 5.74) is 0. The fourth-order valence-electron chi connectivity index (χ4n) is 0.782. The molecular weight excluding hydrogens is 172 g/mol. The maximum absolute atomic E-state index is 10.0. The van der Waals surface area contributed by atoms with Crippen LogP contribution in [0.4, 0.5) is 0 Å². The van der Waals surface area contributed by atoms with E-state index >= 15 is 0 Å². The third kappa shape index (κ3) is 3.42. The molecule has 2 N–H and O–H groups in total. The highest BCUT2D eigenvalue weighted by atomic mass is 16.5. The van der Waals surface area contributed by atoms with Gasteiger partial charge >= 0.3 is 5.97 Å². The zero-order chi connectivity index (χ0) is 9.52. The molecule has 2 heterocycles. The lowest BCUT2D eigenvalue weighted by atomic mass is 10.4. The second kappa shape index (κ2) is 4.97. The molecule has 13 heavy (non-hydrogen) atoms. The average molecular weight is 182 g/mol. The fourth-order valence-corrected chi connectivity index (χ4v) is 0.782. The molecule has 0 bridgehead atoms. The molecule has 1 aromatic rings. The Morgan fingerprint density at radius 3 is 2.77 bits per heavy atom. The van der Waals surface area contributed by atoms with Crippen LogP contribution in [0.15, 0.2) is 30.6 Å². The molecule has 5 heteroatoms. The van der Waals surface area contributed by atoms with Crippen molar-refractivity contribution < 1.29 is 14.6 Å². The Morgan fingerprint density at radius 1 is 1.69 bits per heavy atom. The Morgan fingerprint density at radius 2 is 2.54 bits per heavy atom. The minimum atomic E-state index is -0.970. The monoisotopic (exact) mass is 182 g/mol. The summed E-state index contributed by atoms with van der Waals surface area (Å²) in [4.78, 5) is 16.4. The van der Waals surface area contributed by atoms with Crippen molar-refractivity contribution in [1.29, 1.82) is 0 Å². The van der Waals surface area contributed by atoms with Gasteiger partial charge < -0.3 is 14.8 Å². The Bertz CT molecular complexity index is 262. The number of imidazole rings is 1. The van der Waals surface area contributed by atoms with E-state index in [0.29, 0.717) is 6.61 Å². The van der Waals surface area contributed by atoms with Crippen LogP contribution in [-0.4, -0.2) is 27.7 Å². The lowest BCUT2D eigenvalue weighted by molar-refractivity contribution is -0.136. The Balaban J connectivity index is 0.000000145. The summed E-state index contributed by atoms with van der Waals surface area (Å²) in [6.07, 6.45) is 7.38. The first kappa shape index (κ1) is 9.31. The highest BCUT2D eigenvalue weighted by molar-refractivity contribution is 5.84. The first-order chi connectivity index (χ1) is 6.30. The van der Waals surface area contributed by atoms with Crippen LogP contribution < -0.4 is 0 Å². The van der Waals surface area contributed by atoms with E-state index in [1.165, 1.54) is 0 Å². The van der Waals surface area contributed by atoms with E-state index in [9.17, 15) is 4.79 Å². The van der Waals surface area contributed by atoms with Gasteiger partial charge in [0.25, 0.3) is 0 Å². The molecule has 0 amide bonds. The second-order valence-electron chi connectivity index (χ2n) is 2.27.